The van der Waals surface area contributed by atoms with Crippen LogP contribution in [0.2, 0.25) is 0 Å². The van der Waals surface area contributed by atoms with Gasteiger partial charge in [0.15, 0.2) is 5.69 Å². The van der Waals surface area contributed by atoms with Crippen molar-refractivity contribution in [2.24, 2.45) is 0 Å². The zero-order valence-corrected chi connectivity index (χ0v) is 14.4. The molecule has 0 unspecified atom stereocenters. The highest BCUT2D eigenvalue weighted by atomic mass is 35.5. The molecule has 0 atom stereocenters. The molecule has 9 heteroatoms. The first-order chi connectivity index (χ1) is 11.3. The van der Waals surface area contributed by atoms with Crippen LogP contribution >= 0.6 is 23.7 Å². The Morgan fingerprint density at radius 2 is 2.17 bits per heavy atom. The van der Waals surface area contributed by atoms with Gasteiger partial charge in [-0.25, -0.2) is 9.67 Å². The number of hydrogen-bond acceptors (Lipinski definition) is 6. The van der Waals surface area contributed by atoms with Crippen LogP contribution < -0.4 is 10.6 Å². The summed E-state index contributed by atoms with van der Waals surface area (Å²) in [5.74, 6) is -0.242. The quantitative estimate of drug-likeness (QED) is 0.745. The average molecular weight is 365 g/mol. The number of nitrogens with one attached hydrogen (secondary N) is 2. The number of hydrogen-bond donors (Lipinski definition) is 2. The number of rotatable bonds is 3. The second-order valence-electron chi connectivity index (χ2n) is 5.55. The van der Waals surface area contributed by atoms with E-state index in [1.54, 1.807) is 23.0 Å². The van der Waals surface area contributed by atoms with E-state index in [9.17, 15) is 4.79 Å². The van der Waals surface area contributed by atoms with E-state index in [4.69, 9.17) is 0 Å². The summed E-state index contributed by atoms with van der Waals surface area (Å²) in [6.45, 7) is 1.95. The fraction of sp³-hybridized carbons (Fsp3) is 0.333. The molecule has 1 fully saturated rings. The number of anilines is 1. The van der Waals surface area contributed by atoms with Crippen molar-refractivity contribution in [3.05, 3.63) is 35.6 Å². The Morgan fingerprint density at radius 1 is 1.33 bits per heavy atom. The summed E-state index contributed by atoms with van der Waals surface area (Å²) >= 11 is 1.55. The SMILES string of the molecule is Cl.O=C(Nc1ccc2ncsc2c1)c1cn(C2CCNCC2)nn1. The van der Waals surface area contributed by atoms with Crippen LogP contribution in [0.4, 0.5) is 5.69 Å². The first-order valence-corrected chi connectivity index (χ1v) is 8.45. The van der Waals surface area contributed by atoms with Crippen LogP contribution in [0.1, 0.15) is 29.4 Å². The van der Waals surface area contributed by atoms with Crippen LogP contribution in [-0.2, 0) is 0 Å². The van der Waals surface area contributed by atoms with Crippen LogP contribution in [0.3, 0.4) is 0 Å². The lowest BCUT2D eigenvalue weighted by Crippen LogP contribution is -2.29. The Morgan fingerprint density at radius 3 is 3.00 bits per heavy atom. The van der Waals surface area contributed by atoms with E-state index in [0.717, 1.165) is 41.8 Å². The summed E-state index contributed by atoms with van der Waals surface area (Å²) in [5, 5.41) is 14.3. The van der Waals surface area contributed by atoms with Crippen molar-refractivity contribution in [1.29, 1.82) is 0 Å². The molecule has 2 aromatic heterocycles. The summed E-state index contributed by atoms with van der Waals surface area (Å²) < 4.78 is 2.85. The summed E-state index contributed by atoms with van der Waals surface area (Å²) in [6.07, 6.45) is 3.75. The van der Waals surface area contributed by atoms with Crippen molar-refractivity contribution in [1.82, 2.24) is 25.3 Å². The van der Waals surface area contributed by atoms with Gasteiger partial charge in [-0.05, 0) is 44.1 Å². The molecule has 126 valence electrons. The lowest BCUT2D eigenvalue weighted by molar-refractivity contribution is 0.102. The number of aromatic nitrogens is 4. The van der Waals surface area contributed by atoms with Crippen LogP contribution in [-0.4, -0.2) is 39.0 Å². The minimum atomic E-state index is -0.242. The average Bonchev–Trinajstić information content (AvgIpc) is 3.24. The van der Waals surface area contributed by atoms with Gasteiger partial charge in [0.05, 0.1) is 28.0 Å². The first-order valence-electron chi connectivity index (χ1n) is 7.57. The molecule has 0 spiro atoms. The number of carbonyl (C=O) groups excluding carboxylic acids is 1. The van der Waals surface area contributed by atoms with Crippen molar-refractivity contribution in [3.8, 4) is 0 Å². The molecule has 3 heterocycles. The number of fused-ring (bicyclic) bond motifs is 1. The van der Waals surface area contributed by atoms with E-state index in [1.165, 1.54) is 0 Å². The third kappa shape index (κ3) is 3.40. The summed E-state index contributed by atoms with van der Waals surface area (Å²) in [6, 6.07) is 5.98. The van der Waals surface area contributed by atoms with Crippen LogP contribution in [0.25, 0.3) is 10.2 Å². The van der Waals surface area contributed by atoms with Gasteiger partial charge in [0.1, 0.15) is 0 Å². The highest BCUT2D eigenvalue weighted by molar-refractivity contribution is 7.16. The topological polar surface area (TPSA) is 84.7 Å². The van der Waals surface area contributed by atoms with Gasteiger partial charge in [-0.15, -0.1) is 28.8 Å². The number of carbonyl (C=O) groups is 1. The molecular formula is C15H17ClN6OS. The lowest BCUT2D eigenvalue weighted by Gasteiger charge is -2.22. The molecule has 3 aromatic rings. The molecule has 0 aliphatic carbocycles. The smallest absolute Gasteiger partial charge is 0.277 e. The zero-order chi connectivity index (χ0) is 15.6. The third-order valence-electron chi connectivity index (χ3n) is 4.01. The van der Waals surface area contributed by atoms with E-state index in [2.05, 4.69) is 25.9 Å². The van der Waals surface area contributed by atoms with Gasteiger partial charge in [-0.2, -0.15) is 0 Å². The predicted molar refractivity (Wildman–Crippen MR) is 96.0 cm³/mol. The van der Waals surface area contributed by atoms with E-state index < -0.39 is 0 Å². The Kier molecular flexibility index (Phi) is 5.08. The van der Waals surface area contributed by atoms with Crippen LogP contribution in [0, 0.1) is 0 Å². The standard InChI is InChI=1S/C15H16N6OS.ClH/c22-15(18-10-1-2-12-14(7-10)23-9-17-12)13-8-21(20-19-13)11-3-5-16-6-4-11;/h1-2,7-9,11,16H,3-6H2,(H,18,22);1H. The van der Waals surface area contributed by atoms with Crippen molar-refractivity contribution < 1.29 is 4.79 Å². The third-order valence-corrected chi connectivity index (χ3v) is 4.81. The number of halogens is 1. The van der Waals surface area contributed by atoms with Crippen molar-refractivity contribution in [2.45, 2.75) is 18.9 Å². The summed E-state index contributed by atoms with van der Waals surface area (Å²) in [7, 11) is 0. The molecule has 1 aliphatic heterocycles. The van der Waals surface area contributed by atoms with E-state index in [1.807, 2.05) is 22.9 Å². The maximum Gasteiger partial charge on any atom is 0.277 e. The molecule has 1 amide bonds. The Balaban J connectivity index is 0.00000169. The van der Waals surface area contributed by atoms with E-state index >= 15 is 0 Å². The van der Waals surface area contributed by atoms with Crippen molar-refractivity contribution in [2.75, 3.05) is 18.4 Å². The largest absolute Gasteiger partial charge is 0.320 e. The number of piperidine rings is 1. The fourth-order valence-corrected chi connectivity index (χ4v) is 3.47. The van der Waals surface area contributed by atoms with Crippen molar-refractivity contribution >= 4 is 45.6 Å². The molecule has 4 rings (SSSR count). The fourth-order valence-electron chi connectivity index (χ4n) is 2.76. The maximum absolute atomic E-state index is 12.3. The number of amides is 1. The Labute approximate surface area is 148 Å². The van der Waals surface area contributed by atoms with Gasteiger partial charge >= 0.3 is 0 Å². The lowest BCUT2D eigenvalue weighted by atomic mass is 10.1. The van der Waals surface area contributed by atoms with Gasteiger partial charge in [0, 0.05) is 5.69 Å². The monoisotopic (exact) mass is 364 g/mol. The predicted octanol–water partition coefficient (Wildman–Crippen LogP) is 2.49. The highest BCUT2D eigenvalue weighted by Crippen LogP contribution is 2.22. The number of nitrogens with zero attached hydrogens (tertiary/aromatic N) is 4. The van der Waals surface area contributed by atoms with Gasteiger partial charge in [-0.3, -0.25) is 4.79 Å². The van der Waals surface area contributed by atoms with Crippen LogP contribution in [0.5, 0.6) is 0 Å². The van der Waals surface area contributed by atoms with E-state index in [-0.39, 0.29) is 18.3 Å². The van der Waals surface area contributed by atoms with Gasteiger partial charge in [0.25, 0.3) is 5.91 Å². The minimum absolute atomic E-state index is 0. The molecule has 1 aromatic carbocycles. The van der Waals surface area contributed by atoms with E-state index in [0.29, 0.717) is 11.7 Å². The second-order valence-corrected chi connectivity index (χ2v) is 6.44. The van der Waals surface area contributed by atoms with Crippen molar-refractivity contribution in [3.63, 3.8) is 0 Å². The molecule has 2 N–H and O–H groups in total. The normalized spacial score (nSPS) is 15.2. The molecule has 24 heavy (non-hydrogen) atoms. The maximum atomic E-state index is 12.3. The molecule has 0 bridgehead atoms. The summed E-state index contributed by atoms with van der Waals surface area (Å²) in [4.78, 5) is 16.6. The number of thiazole rings is 1. The molecule has 1 saturated heterocycles. The Hall–Kier alpha value is -2.03. The molecule has 0 saturated carbocycles. The van der Waals surface area contributed by atoms with Gasteiger partial charge in [0.2, 0.25) is 0 Å². The molecule has 7 nitrogen and oxygen atoms in total. The Bertz CT molecular complexity index is 841. The number of benzene rings is 1. The zero-order valence-electron chi connectivity index (χ0n) is 12.8. The molecular weight excluding hydrogens is 348 g/mol. The molecule has 1 aliphatic rings. The molecule has 0 radical (unpaired) electrons. The van der Waals surface area contributed by atoms with Crippen LogP contribution in [0.15, 0.2) is 29.9 Å². The minimum Gasteiger partial charge on any atom is -0.320 e. The first kappa shape index (κ1) is 16.8. The van der Waals surface area contributed by atoms with Gasteiger partial charge < -0.3 is 10.6 Å². The second kappa shape index (κ2) is 7.25. The summed E-state index contributed by atoms with van der Waals surface area (Å²) in [5.41, 5.74) is 3.81. The highest BCUT2D eigenvalue weighted by Gasteiger charge is 2.18. The van der Waals surface area contributed by atoms with Gasteiger partial charge in [-0.1, -0.05) is 5.21 Å².